The molecule has 0 amide bonds. The first-order valence-corrected chi connectivity index (χ1v) is 8.17. The Morgan fingerprint density at radius 2 is 2.14 bits per heavy atom. The number of anilines is 1. The van der Waals surface area contributed by atoms with Gasteiger partial charge >= 0.3 is 5.97 Å². The van der Waals surface area contributed by atoms with E-state index in [4.69, 9.17) is 9.84 Å². The van der Waals surface area contributed by atoms with Crippen molar-refractivity contribution in [2.75, 3.05) is 18.5 Å². The Morgan fingerprint density at radius 1 is 1.36 bits per heavy atom. The van der Waals surface area contributed by atoms with Gasteiger partial charge in [0.15, 0.2) is 5.13 Å². The molecule has 5 nitrogen and oxygen atoms in total. The van der Waals surface area contributed by atoms with E-state index in [1.54, 1.807) is 5.38 Å². The number of carbonyl (C=O) groups is 1. The summed E-state index contributed by atoms with van der Waals surface area (Å²) < 4.78 is 5.65. The SMILES string of the molecule is CCCc1ccc(OCCNc2nc(CC(=O)O)cs2)cc1. The summed E-state index contributed by atoms with van der Waals surface area (Å²) in [4.78, 5) is 14.8. The fourth-order valence-corrected chi connectivity index (χ4v) is 2.73. The van der Waals surface area contributed by atoms with Crippen molar-refractivity contribution in [3.05, 3.63) is 40.9 Å². The van der Waals surface area contributed by atoms with E-state index in [0.29, 0.717) is 18.8 Å². The average molecular weight is 320 g/mol. The van der Waals surface area contributed by atoms with Crippen LogP contribution in [0.15, 0.2) is 29.6 Å². The molecule has 0 spiro atoms. The van der Waals surface area contributed by atoms with Crippen LogP contribution >= 0.6 is 11.3 Å². The Morgan fingerprint density at radius 3 is 2.82 bits per heavy atom. The fraction of sp³-hybridized carbons (Fsp3) is 0.375. The van der Waals surface area contributed by atoms with Gasteiger partial charge in [-0.2, -0.15) is 0 Å². The Kier molecular flexibility index (Phi) is 6.21. The lowest BCUT2D eigenvalue weighted by Crippen LogP contribution is -2.11. The lowest BCUT2D eigenvalue weighted by atomic mass is 10.1. The fourth-order valence-electron chi connectivity index (χ4n) is 1.99. The zero-order chi connectivity index (χ0) is 15.8. The van der Waals surface area contributed by atoms with Gasteiger partial charge < -0.3 is 15.2 Å². The van der Waals surface area contributed by atoms with E-state index in [1.165, 1.54) is 16.9 Å². The number of benzene rings is 1. The van der Waals surface area contributed by atoms with Crippen molar-refractivity contribution >= 4 is 22.4 Å². The standard InChI is InChI=1S/C16H20N2O3S/c1-2-3-12-4-6-14(7-5-12)21-9-8-17-16-18-13(11-22-16)10-15(19)20/h4-7,11H,2-3,8-10H2,1H3,(H,17,18)(H,19,20). The molecule has 0 bridgehead atoms. The molecule has 2 N–H and O–H groups in total. The summed E-state index contributed by atoms with van der Waals surface area (Å²) in [5, 5.41) is 14.3. The predicted molar refractivity (Wildman–Crippen MR) is 87.9 cm³/mol. The van der Waals surface area contributed by atoms with Crippen molar-refractivity contribution in [3.63, 3.8) is 0 Å². The minimum atomic E-state index is -0.869. The van der Waals surface area contributed by atoms with E-state index in [0.717, 1.165) is 23.7 Å². The molecule has 2 rings (SSSR count). The summed E-state index contributed by atoms with van der Waals surface area (Å²) in [6.45, 7) is 3.31. The summed E-state index contributed by atoms with van der Waals surface area (Å²) in [5.74, 6) is -0.0148. The number of nitrogens with zero attached hydrogens (tertiary/aromatic N) is 1. The third kappa shape index (κ3) is 5.37. The minimum absolute atomic E-state index is 0.0429. The lowest BCUT2D eigenvalue weighted by Gasteiger charge is -2.07. The van der Waals surface area contributed by atoms with Crippen LogP contribution in [0, 0.1) is 0 Å². The highest BCUT2D eigenvalue weighted by atomic mass is 32.1. The summed E-state index contributed by atoms with van der Waals surface area (Å²) >= 11 is 1.40. The molecule has 118 valence electrons. The first-order valence-electron chi connectivity index (χ1n) is 7.29. The molecule has 2 aromatic rings. The smallest absolute Gasteiger partial charge is 0.309 e. The van der Waals surface area contributed by atoms with Gasteiger partial charge in [-0.1, -0.05) is 25.5 Å². The Labute approximate surface area is 134 Å². The molecule has 0 aliphatic heterocycles. The number of hydrogen-bond donors (Lipinski definition) is 2. The van der Waals surface area contributed by atoms with Gasteiger partial charge in [0.1, 0.15) is 12.4 Å². The van der Waals surface area contributed by atoms with Gasteiger partial charge in [0.05, 0.1) is 18.7 Å². The van der Waals surface area contributed by atoms with Gasteiger partial charge in [0.25, 0.3) is 0 Å². The average Bonchev–Trinajstić information content (AvgIpc) is 2.92. The molecule has 0 aliphatic carbocycles. The molecule has 0 atom stereocenters. The van der Waals surface area contributed by atoms with Gasteiger partial charge in [-0.25, -0.2) is 4.98 Å². The van der Waals surface area contributed by atoms with Crippen LogP contribution in [0.4, 0.5) is 5.13 Å². The summed E-state index contributed by atoms with van der Waals surface area (Å²) in [6.07, 6.45) is 2.19. The van der Waals surface area contributed by atoms with Gasteiger partial charge in [-0.05, 0) is 24.1 Å². The molecule has 1 heterocycles. The van der Waals surface area contributed by atoms with Crippen molar-refractivity contribution in [1.82, 2.24) is 4.98 Å². The zero-order valence-corrected chi connectivity index (χ0v) is 13.4. The van der Waals surface area contributed by atoms with Crippen molar-refractivity contribution in [1.29, 1.82) is 0 Å². The third-order valence-corrected chi connectivity index (χ3v) is 3.84. The van der Waals surface area contributed by atoms with Crippen LogP contribution in [0.25, 0.3) is 0 Å². The molecule has 1 aromatic carbocycles. The minimum Gasteiger partial charge on any atom is -0.492 e. The van der Waals surface area contributed by atoms with Gasteiger partial charge in [0.2, 0.25) is 0 Å². The number of aromatic nitrogens is 1. The predicted octanol–water partition coefficient (Wildman–Crippen LogP) is 3.21. The van der Waals surface area contributed by atoms with Crippen molar-refractivity contribution in [2.45, 2.75) is 26.2 Å². The van der Waals surface area contributed by atoms with Crippen molar-refractivity contribution < 1.29 is 14.6 Å². The van der Waals surface area contributed by atoms with Crippen LogP contribution in [-0.2, 0) is 17.6 Å². The first kappa shape index (κ1) is 16.3. The number of thiazole rings is 1. The van der Waals surface area contributed by atoms with Crippen LogP contribution in [0.3, 0.4) is 0 Å². The highest BCUT2D eigenvalue weighted by molar-refractivity contribution is 7.13. The Hall–Kier alpha value is -2.08. The normalized spacial score (nSPS) is 10.4. The second kappa shape index (κ2) is 8.38. The Balaban J connectivity index is 1.70. The number of ether oxygens (including phenoxy) is 1. The van der Waals surface area contributed by atoms with E-state index >= 15 is 0 Å². The molecular weight excluding hydrogens is 300 g/mol. The number of hydrogen-bond acceptors (Lipinski definition) is 5. The van der Waals surface area contributed by atoms with E-state index < -0.39 is 5.97 Å². The van der Waals surface area contributed by atoms with E-state index in [1.807, 2.05) is 12.1 Å². The monoisotopic (exact) mass is 320 g/mol. The topological polar surface area (TPSA) is 71.5 Å². The third-order valence-electron chi connectivity index (χ3n) is 2.99. The molecule has 0 saturated carbocycles. The number of carboxylic acid groups (broad SMARTS) is 1. The van der Waals surface area contributed by atoms with Crippen molar-refractivity contribution in [2.24, 2.45) is 0 Å². The van der Waals surface area contributed by atoms with Gasteiger partial charge in [-0.15, -0.1) is 11.3 Å². The van der Waals surface area contributed by atoms with Crippen LogP contribution in [-0.4, -0.2) is 29.2 Å². The second-order valence-electron chi connectivity index (χ2n) is 4.88. The zero-order valence-electron chi connectivity index (χ0n) is 12.5. The highest BCUT2D eigenvalue weighted by Crippen LogP contribution is 2.16. The van der Waals surface area contributed by atoms with Crippen LogP contribution in [0.5, 0.6) is 5.75 Å². The van der Waals surface area contributed by atoms with Crippen molar-refractivity contribution in [3.8, 4) is 5.75 Å². The molecule has 0 saturated heterocycles. The summed E-state index contributed by atoms with van der Waals surface area (Å²) in [7, 11) is 0. The molecule has 1 aromatic heterocycles. The number of carboxylic acids is 1. The number of nitrogens with one attached hydrogen (secondary N) is 1. The largest absolute Gasteiger partial charge is 0.492 e. The van der Waals surface area contributed by atoms with Crippen LogP contribution < -0.4 is 10.1 Å². The first-order chi connectivity index (χ1) is 10.7. The molecule has 22 heavy (non-hydrogen) atoms. The lowest BCUT2D eigenvalue weighted by molar-refractivity contribution is -0.136. The van der Waals surface area contributed by atoms with Crippen LogP contribution in [0.2, 0.25) is 0 Å². The molecule has 0 radical (unpaired) electrons. The van der Waals surface area contributed by atoms with E-state index in [9.17, 15) is 4.79 Å². The molecule has 0 fully saturated rings. The maximum absolute atomic E-state index is 10.6. The number of aryl methyl sites for hydroxylation is 1. The number of rotatable bonds is 9. The maximum Gasteiger partial charge on any atom is 0.309 e. The van der Waals surface area contributed by atoms with E-state index in [-0.39, 0.29) is 6.42 Å². The second-order valence-corrected chi connectivity index (χ2v) is 5.74. The summed E-state index contributed by atoms with van der Waals surface area (Å²) in [5.41, 5.74) is 1.90. The quantitative estimate of drug-likeness (QED) is 0.694. The van der Waals surface area contributed by atoms with E-state index in [2.05, 4.69) is 29.4 Å². The Bertz CT molecular complexity index is 596. The summed E-state index contributed by atoms with van der Waals surface area (Å²) in [6, 6.07) is 8.15. The molecular formula is C16H20N2O3S. The molecule has 6 heteroatoms. The van der Waals surface area contributed by atoms with Gasteiger partial charge in [-0.3, -0.25) is 4.79 Å². The van der Waals surface area contributed by atoms with Gasteiger partial charge in [0, 0.05) is 5.38 Å². The maximum atomic E-state index is 10.6. The molecule has 0 unspecified atom stereocenters. The highest BCUT2D eigenvalue weighted by Gasteiger charge is 2.05. The number of aliphatic carboxylic acids is 1. The molecule has 0 aliphatic rings. The van der Waals surface area contributed by atoms with Crippen LogP contribution in [0.1, 0.15) is 24.6 Å².